The van der Waals surface area contributed by atoms with E-state index in [0.29, 0.717) is 35.5 Å². The lowest BCUT2D eigenvalue weighted by molar-refractivity contribution is -0.136. The predicted molar refractivity (Wildman–Crippen MR) is 102 cm³/mol. The van der Waals surface area contributed by atoms with Crippen LogP contribution in [0.15, 0.2) is 23.6 Å². The van der Waals surface area contributed by atoms with Crippen molar-refractivity contribution < 1.29 is 19.0 Å². The minimum Gasteiger partial charge on any atom is -0.485 e. The predicted octanol–water partition coefficient (Wildman–Crippen LogP) is 3.65. The molecular formula is C17H20Cl2N2O4S. The molecule has 0 saturated heterocycles. The summed E-state index contributed by atoms with van der Waals surface area (Å²) < 4.78 is 15.7. The van der Waals surface area contributed by atoms with Gasteiger partial charge in [-0.1, -0.05) is 23.2 Å². The molecule has 0 aliphatic rings. The molecule has 9 heteroatoms. The van der Waals surface area contributed by atoms with E-state index in [1.807, 2.05) is 5.38 Å². The molecule has 0 bridgehead atoms. The zero-order valence-corrected chi connectivity index (χ0v) is 16.9. The Balaban J connectivity index is 1.96. The maximum atomic E-state index is 12.1. The molecule has 26 heavy (non-hydrogen) atoms. The monoisotopic (exact) mass is 418 g/mol. The lowest BCUT2D eigenvalue weighted by Crippen LogP contribution is -2.36. The van der Waals surface area contributed by atoms with Crippen LogP contribution in [0.4, 0.5) is 0 Å². The van der Waals surface area contributed by atoms with Crippen molar-refractivity contribution in [3.8, 4) is 5.75 Å². The van der Waals surface area contributed by atoms with Gasteiger partial charge in [0.05, 0.1) is 23.9 Å². The van der Waals surface area contributed by atoms with Crippen LogP contribution in [0.5, 0.6) is 5.75 Å². The van der Waals surface area contributed by atoms with Crippen LogP contribution < -0.4 is 4.74 Å². The van der Waals surface area contributed by atoms with Gasteiger partial charge in [-0.25, -0.2) is 4.98 Å². The van der Waals surface area contributed by atoms with Gasteiger partial charge in [0.1, 0.15) is 24.0 Å². The van der Waals surface area contributed by atoms with Crippen LogP contribution >= 0.6 is 34.5 Å². The van der Waals surface area contributed by atoms with Crippen molar-refractivity contribution in [3.63, 3.8) is 0 Å². The van der Waals surface area contributed by atoms with E-state index in [-0.39, 0.29) is 19.1 Å². The molecule has 0 N–H and O–H groups in total. The Labute approximate surface area is 166 Å². The average Bonchev–Trinajstić information content (AvgIpc) is 3.07. The number of nitrogens with zero attached hydrogens (tertiary/aromatic N) is 2. The Kier molecular flexibility index (Phi) is 8.61. The summed E-state index contributed by atoms with van der Waals surface area (Å²) in [4.78, 5) is 18.3. The molecule has 1 aromatic heterocycles. The molecule has 142 valence electrons. The van der Waals surface area contributed by atoms with E-state index in [9.17, 15) is 4.79 Å². The third-order valence-electron chi connectivity index (χ3n) is 3.38. The average molecular weight is 419 g/mol. The van der Waals surface area contributed by atoms with Crippen LogP contribution in [-0.2, 0) is 27.4 Å². The van der Waals surface area contributed by atoms with Crippen LogP contribution in [0.25, 0.3) is 0 Å². The quantitative estimate of drug-likeness (QED) is 0.589. The van der Waals surface area contributed by atoms with Crippen molar-refractivity contribution in [1.82, 2.24) is 9.88 Å². The maximum Gasteiger partial charge on any atom is 0.248 e. The molecule has 1 heterocycles. The highest BCUT2D eigenvalue weighted by Gasteiger charge is 2.15. The molecule has 0 spiro atoms. The second-order valence-electron chi connectivity index (χ2n) is 5.34. The Morgan fingerprint density at radius 2 is 2.08 bits per heavy atom. The fraction of sp³-hybridized carbons (Fsp3) is 0.412. The first-order valence-electron chi connectivity index (χ1n) is 7.80. The third kappa shape index (κ3) is 6.41. The van der Waals surface area contributed by atoms with Crippen LogP contribution in [0.3, 0.4) is 0 Å². The van der Waals surface area contributed by atoms with E-state index in [4.69, 9.17) is 37.4 Å². The molecule has 1 amide bonds. The fourth-order valence-electron chi connectivity index (χ4n) is 2.12. The molecule has 0 saturated carbocycles. The Morgan fingerprint density at radius 1 is 1.27 bits per heavy atom. The van der Waals surface area contributed by atoms with Crippen LogP contribution in [0.2, 0.25) is 10.0 Å². The summed E-state index contributed by atoms with van der Waals surface area (Å²) in [6.07, 6.45) is 0. The molecule has 0 aliphatic heterocycles. The van der Waals surface area contributed by atoms with Gasteiger partial charge >= 0.3 is 0 Å². The van der Waals surface area contributed by atoms with E-state index >= 15 is 0 Å². The van der Waals surface area contributed by atoms with Crippen molar-refractivity contribution in [2.24, 2.45) is 0 Å². The minimum atomic E-state index is -0.110. The molecule has 6 nitrogen and oxygen atoms in total. The summed E-state index contributed by atoms with van der Waals surface area (Å²) in [6, 6.07) is 5.04. The van der Waals surface area contributed by atoms with Gasteiger partial charge in [-0.2, -0.15) is 0 Å². The van der Waals surface area contributed by atoms with Crippen LogP contribution in [0, 0.1) is 0 Å². The van der Waals surface area contributed by atoms with Crippen molar-refractivity contribution in [1.29, 1.82) is 0 Å². The van der Waals surface area contributed by atoms with Gasteiger partial charge < -0.3 is 19.1 Å². The smallest absolute Gasteiger partial charge is 0.248 e. The molecule has 0 atom stereocenters. The fourth-order valence-corrected chi connectivity index (χ4v) is 3.15. The number of carbonyl (C=O) groups excluding carboxylic acids is 1. The number of halogens is 2. The van der Waals surface area contributed by atoms with Crippen molar-refractivity contribution in [3.05, 3.63) is 44.3 Å². The summed E-state index contributed by atoms with van der Waals surface area (Å²) in [5, 5.41) is 3.72. The van der Waals surface area contributed by atoms with E-state index < -0.39 is 0 Å². The number of methoxy groups -OCH3 is 2. The Bertz CT molecular complexity index is 727. The molecule has 0 radical (unpaired) electrons. The van der Waals surface area contributed by atoms with Crippen LogP contribution in [-0.4, -0.2) is 49.8 Å². The SMILES string of the molecule is COCCN(Cc1csc(COc2cc(Cl)ccc2Cl)n1)C(=O)COC. The number of benzene rings is 1. The zero-order chi connectivity index (χ0) is 18.9. The van der Waals surface area contributed by atoms with Crippen molar-refractivity contribution in [2.45, 2.75) is 13.2 Å². The molecule has 2 aromatic rings. The first kappa shape index (κ1) is 20.9. The van der Waals surface area contributed by atoms with E-state index in [0.717, 1.165) is 10.7 Å². The second-order valence-corrected chi connectivity index (χ2v) is 7.12. The number of carbonyl (C=O) groups is 1. The van der Waals surface area contributed by atoms with Gasteiger partial charge in [0.2, 0.25) is 5.91 Å². The van der Waals surface area contributed by atoms with Gasteiger partial charge in [-0.05, 0) is 12.1 Å². The highest BCUT2D eigenvalue weighted by atomic mass is 35.5. The lowest BCUT2D eigenvalue weighted by Gasteiger charge is -2.21. The van der Waals surface area contributed by atoms with E-state index in [1.165, 1.54) is 18.4 Å². The topological polar surface area (TPSA) is 60.9 Å². The first-order chi connectivity index (χ1) is 12.5. The first-order valence-corrected chi connectivity index (χ1v) is 9.43. The van der Waals surface area contributed by atoms with Gasteiger partial charge in [0.15, 0.2) is 0 Å². The summed E-state index contributed by atoms with van der Waals surface area (Å²) in [5.74, 6) is 0.397. The summed E-state index contributed by atoms with van der Waals surface area (Å²) in [7, 11) is 3.09. The number of hydrogen-bond donors (Lipinski definition) is 0. The molecule has 0 fully saturated rings. The van der Waals surface area contributed by atoms with E-state index in [2.05, 4.69) is 4.98 Å². The molecular weight excluding hydrogens is 399 g/mol. The van der Waals surface area contributed by atoms with Crippen molar-refractivity contribution >= 4 is 40.4 Å². The summed E-state index contributed by atoms with van der Waals surface area (Å²) >= 11 is 13.5. The van der Waals surface area contributed by atoms with Crippen molar-refractivity contribution in [2.75, 3.05) is 34.0 Å². The van der Waals surface area contributed by atoms with Gasteiger partial charge in [-0.15, -0.1) is 11.3 Å². The maximum absolute atomic E-state index is 12.1. The highest BCUT2D eigenvalue weighted by Crippen LogP contribution is 2.28. The van der Waals surface area contributed by atoms with Gasteiger partial charge in [-0.3, -0.25) is 4.79 Å². The third-order valence-corrected chi connectivity index (χ3v) is 4.80. The summed E-state index contributed by atoms with van der Waals surface area (Å²) in [6.45, 7) is 1.61. The largest absolute Gasteiger partial charge is 0.485 e. The molecule has 2 rings (SSSR count). The standard InChI is InChI=1S/C17H20Cl2N2O4S/c1-23-6-5-21(17(22)10-24-2)8-13-11-26-16(20-13)9-25-15-7-12(18)3-4-14(15)19/h3-4,7,11H,5-6,8-10H2,1-2H3. The lowest BCUT2D eigenvalue weighted by atomic mass is 10.3. The number of amides is 1. The van der Waals surface area contributed by atoms with Crippen LogP contribution in [0.1, 0.15) is 10.7 Å². The zero-order valence-electron chi connectivity index (χ0n) is 14.5. The minimum absolute atomic E-state index is 0.0249. The molecule has 0 aliphatic carbocycles. The Hall–Kier alpha value is -1.38. The number of hydrogen-bond acceptors (Lipinski definition) is 6. The van der Waals surface area contributed by atoms with E-state index in [1.54, 1.807) is 30.2 Å². The van der Waals surface area contributed by atoms with Gasteiger partial charge in [0, 0.05) is 37.2 Å². The summed E-state index contributed by atoms with van der Waals surface area (Å²) in [5.41, 5.74) is 0.784. The number of thiazole rings is 1. The molecule has 1 aromatic carbocycles. The van der Waals surface area contributed by atoms with Gasteiger partial charge in [0.25, 0.3) is 0 Å². The number of ether oxygens (including phenoxy) is 3. The Morgan fingerprint density at radius 3 is 2.81 bits per heavy atom. The second kappa shape index (κ2) is 10.7. The highest BCUT2D eigenvalue weighted by molar-refractivity contribution is 7.09. The number of aromatic nitrogens is 1. The normalized spacial score (nSPS) is 10.8. The number of rotatable bonds is 10. The molecule has 0 unspecified atom stereocenters.